The zero-order valence-corrected chi connectivity index (χ0v) is 21.4. The minimum atomic E-state index is -0.753. The average Bonchev–Trinajstić information content (AvgIpc) is 3.14. The minimum absolute atomic E-state index is 0.0568. The second-order valence-corrected chi connectivity index (χ2v) is 13.6. The molecular formula is C30H41NO4. The molecule has 35 heavy (non-hydrogen) atoms. The van der Waals surface area contributed by atoms with E-state index in [0.717, 1.165) is 63.2 Å². The van der Waals surface area contributed by atoms with Crippen LogP contribution in [-0.4, -0.2) is 58.7 Å². The molecule has 0 amide bonds. The number of fused-ring (bicyclic) bond motifs is 2. The first kappa shape index (κ1) is 21.8. The molecular weight excluding hydrogens is 438 g/mol. The molecule has 2 N–H and O–H groups in total. The number of phenols is 1. The standard InChI is InChI=1S/C30H41NO4/c1-27(33,20-7-4-8-20)22-16-28-11-12-30(22,34-2)26-29(28)13-14-31(17-18-5-3-6-18)23(28)15-19-9-10-21(32)25(35-26)24(19)29/h9-10,18,20,22-23,26,32-33H,3-8,11-17H2,1-2H3/t22-,23?,26-,27+,28-,29+,30-/m1/s1. The van der Waals surface area contributed by atoms with Crippen molar-refractivity contribution < 1.29 is 19.7 Å². The lowest BCUT2D eigenvalue weighted by Crippen LogP contribution is -2.83. The molecule has 0 radical (unpaired) electrons. The summed E-state index contributed by atoms with van der Waals surface area (Å²) in [5, 5.41) is 23.2. The minimum Gasteiger partial charge on any atom is -0.504 e. The van der Waals surface area contributed by atoms with Crippen molar-refractivity contribution in [2.45, 2.75) is 106 Å². The Hall–Kier alpha value is -1.30. The zero-order chi connectivity index (χ0) is 23.8. The Morgan fingerprint density at radius 1 is 1.14 bits per heavy atom. The van der Waals surface area contributed by atoms with E-state index in [4.69, 9.17) is 9.47 Å². The maximum Gasteiger partial charge on any atom is 0.165 e. The van der Waals surface area contributed by atoms with E-state index in [2.05, 4.69) is 17.9 Å². The highest BCUT2D eigenvalue weighted by Gasteiger charge is 2.82. The van der Waals surface area contributed by atoms with Gasteiger partial charge in [-0.2, -0.15) is 0 Å². The summed E-state index contributed by atoms with van der Waals surface area (Å²) in [5.74, 6) is 2.28. The highest BCUT2D eigenvalue weighted by atomic mass is 16.6. The van der Waals surface area contributed by atoms with Crippen LogP contribution < -0.4 is 4.74 Å². The summed E-state index contributed by atoms with van der Waals surface area (Å²) in [6, 6.07) is 4.52. The van der Waals surface area contributed by atoms with Gasteiger partial charge < -0.3 is 19.7 Å². The van der Waals surface area contributed by atoms with E-state index in [1.54, 1.807) is 0 Å². The maximum atomic E-state index is 12.2. The molecule has 6 aliphatic carbocycles. The maximum absolute atomic E-state index is 12.2. The number of benzene rings is 1. The van der Waals surface area contributed by atoms with Gasteiger partial charge in [0.25, 0.3) is 0 Å². The molecule has 5 heteroatoms. The molecule has 1 aromatic rings. The molecule has 1 saturated heterocycles. The second kappa shape index (κ2) is 6.76. The fraction of sp³-hybridized carbons (Fsp3) is 0.800. The van der Waals surface area contributed by atoms with Gasteiger partial charge in [-0.15, -0.1) is 0 Å². The Morgan fingerprint density at radius 3 is 2.63 bits per heavy atom. The molecule has 1 unspecified atom stereocenters. The Labute approximate surface area is 209 Å². The third kappa shape index (κ3) is 2.30. The third-order valence-electron chi connectivity index (χ3n) is 12.8. The van der Waals surface area contributed by atoms with Gasteiger partial charge in [-0.3, -0.25) is 4.90 Å². The van der Waals surface area contributed by atoms with Gasteiger partial charge in [0.2, 0.25) is 0 Å². The molecule has 1 aromatic carbocycles. The predicted octanol–water partition coefficient (Wildman–Crippen LogP) is 4.56. The van der Waals surface area contributed by atoms with E-state index >= 15 is 0 Å². The Balaban J connectivity index is 1.33. The Morgan fingerprint density at radius 2 is 1.94 bits per heavy atom. The molecule has 2 heterocycles. The molecule has 7 atom stereocenters. The first-order chi connectivity index (χ1) is 16.9. The summed E-state index contributed by atoms with van der Waals surface area (Å²) in [5.41, 5.74) is 1.39. The lowest BCUT2D eigenvalue weighted by atomic mass is 9.33. The quantitative estimate of drug-likeness (QED) is 0.648. The molecule has 190 valence electrons. The molecule has 2 aliphatic heterocycles. The lowest BCUT2D eigenvalue weighted by molar-refractivity contribution is -0.310. The number of methoxy groups -OCH3 is 1. The number of nitrogens with zero attached hydrogens (tertiary/aromatic N) is 1. The topological polar surface area (TPSA) is 62.2 Å². The highest BCUT2D eigenvalue weighted by molar-refractivity contribution is 5.63. The van der Waals surface area contributed by atoms with Crippen LogP contribution in [0.15, 0.2) is 12.1 Å². The van der Waals surface area contributed by atoms with Crippen LogP contribution in [0.25, 0.3) is 0 Å². The average molecular weight is 480 g/mol. The number of likely N-dealkylation sites (tertiary alicyclic amines) is 1. The van der Waals surface area contributed by atoms with Crippen LogP contribution in [0.2, 0.25) is 0 Å². The predicted molar refractivity (Wildman–Crippen MR) is 133 cm³/mol. The Kier molecular flexibility index (Phi) is 4.20. The summed E-state index contributed by atoms with van der Waals surface area (Å²) in [6.07, 6.45) is 12.7. The van der Waals surface area contributed by atoms with Crippen LogP contribution in [0.4, 0.5) is 0 Å². The molecule has 9 rings (SSSR count). The SMILES string of the molecule is CO[C@]12CC[C@@]3(C[C@@H]1[C@@](C)(O)C1CCC1)C1Cc4ccc(O)c5c4[C@@]3(CCN1CC1CCC1)[C@H]2O5. The van der Waals surface area contributed by atoms with Crippen LogP contribution in [0.3, 0.4) is 0 Å². The molecule has 6 fully saturated rings. The highest BCUT2D eigenvalue weighted by Crippen LogP contribution is 2.78. The monoisotopic (exact) mass is 479 g/mol. The van der Waals surface area contributed by atoms with Gasteiger partial charge in [-0.25, -0.2) is 0 Å². The number of piperidine rings is 1. The van der Waals surface area contributed by atoms with Crippen LogP contribution in [0, 0.1) is 23.2 Å². The molecule has 8 aliphatic rings. The Bertz CT molecular complexity index is 1080. The van der Waals surface area contributed by atoms with Gasteiger partial charge in [0.1, 0.15) is 11.7 Å². The first-order valence-corrected chi connectivity index (χ1v) is 14.4. The number of aliphatic hydroxyl groups is 1. The number of phenolic OH excluding ortho intramolecular Hbond substituents is 1. The fourth-order valence-electron chi connectivity index (χ4n) is 10.7. The lowest BCUT2D eigenvalue weighted by Gasteiger charge is -2.75. The van der Waals surface area contributed by atoms with Crippen molar-refractivity contribution in [1.82, 2.24) is 4.90 Å². The van der Waals surface area contributed by atoms with Gasteiger partial charge in [0.05, 0.1) is 5.60 Å². The summed E-state index contributed by atoms with van der Waals surface area (Å²) in [6.45, 7) is 4.45. The van der Waals surface area contributed by atoms with E-state index < -0.39 is 11.2 Å². The van der Waals surface area contributed by atoms with Gasteiger partial charge in [0, 0.05) is 42.0 Å². The van der Waals surface area contributed by atoms with Gasteiger partial charge in [-0.05, 0) is 94.7 Å². The fourth-order valence-corrected chi connectivity index (χ4v) is 10.7. The van der Waals surface area contributed by atoms with Gasteiger partial charge >= 0.3 is 0 Å². The van der Waals surface area contributed by atoms with E-state index in [1.165, 1.54) is 43.4 Å². The van der Waals surface area contributed by atoms with Crippen molar-refractivity contribution in [3.05, 3.63) is 23.3 Å². The van der Waals surface area contributed by atoms with Crippen LogP contribution in [-0.2, 0) is 16.6 Å². The summed E-state index contributed by atoms with van der Waals surface area (Å²) in [7, 11) is 1.86. The summed E-state index contributed by atoms with van der Waals surface area (Å²) in [4.78, 5) is 2.86. The number of aromatic hydroxyl groups is 1. The van der Waals surface area contributed by atoms with Crippen molar-refractivity contribution in [3.63, 3.8) is 0 Å². The van der Waals surface area contributed by atoms with Gasteiger partial charge in [0.15, 0.2) is 11.5 Å². The van der Waals surface area contributed by atoms with Crippen LogP contribution >= 0.6 is 0 Å². The molecule has 5 nitrogen and oxygen atoms in total. The molecule has 4 bridgehead atoms. The first-order valence-electron chi connectivity index (χ1n) is 14.4. The summed E-state index contributed by atoms with van der Waals surface area (Å²) < 4.78 is 13.5. The number of rotatable bonds is 5. The number of hydrogen-bond acceptors (Lipinski definition) is 5. The van der Waals surface area contributed by atoms with E-state index in [0.29, 0.717) is 12.0 Å². The van der Waals surface area contributed by atoms with Crippen molar-refractivity contribution in [2.75, 3.05) is 20.2 Å². The summed E-state index contributed by atoms with van der Waals surface area (Å²) >= 11 is 0. The van der Waals surface area contributed by atoms with Crippen molar-refractivity contribution >= 4 is 0 Å². The molecule has 0 aromatic heterocycles. The second-order valence-electron chi connectivity index (χ2n) is 13.6. The zero-order valence-electron chi connectivity index (χ0n) is 21.4. The molecule has 5 saturated carbocycles. The van der Waals surface area contributed by atoms with Gasteiger partial charge in [-0.1, -0.05) is 18.9 Å². The number of hydrogen-bond donors (Lipinski definition) is 2. The van der Waals surface area contributed by atoms with E-state index in [9.17, 15) is 10.2 Å². The van der Waals surface area contributed by atoms with Crippen LogP contribution in [0.5, 0.6) is 11.5 Å². The van der Waals surface area contributed by atoms with Crippen molar-refractivity contribution in [1.29, 1.82) is 0 Å². The number of ether oxygens (including phenoxy) is 2. The third-order valence-corrected chi connectivity index (χ3v) is 12.8. The van der Waals surface area contributed by atoms with E-state index in [-0.39, 0.29) is 28.6 Å². The van der Waals surface area contributed by atoms with Crippen molar-refractivity contribution in [2.24, 2.45) is 23.2 Å². The largest absolute Gasteiger partial charge is 0.504 e. The molecule has 2 spiro atoms. The van der Waals surface area contributed by atoms with Crippen LogP contribution in [0.1, 0.15) is 82.3 Å². The van der Waals surface area contributed by atoms with Crippen molar-refractivity contribution in [3.8, 4) is 11.5 Å². The smallest absolute Gasteiger partial charge is 0.165 e. The van der Waals surface area contributed by atoms with E-state index in [1.807, 2.05) is 13.2 Å². The normalized spacial score (nSPS) is 45.3.